The molecule has 3 heteroatoms. The summed E-state index contributed by atoms with van der Waals surface area (Å²) in [5.41, 5.74) is 0. The van der Waals surface area contributed by atoms with E-state index >= 15 is 0 Å². The zero-order valence-corrected chi connectivity index (χ0v) is 8.33. The second-order valence-corrected chi connectivity index (χ2v) is 2.36. The van der Waals surface area contributed by atoms with Crippen LogP contribution in [0.1, 0.15) is 22.1 Å². The van der Waals surface area contributed by atoms with Crippen molar-refractivity contribution >= 4 is 35.5 Å². The molecule has 1 fully saturated rings. The van der Waals surface area contributed by atoms with Gasteiger partial charge < -0.3 is 7.75 Å². The predicted octanol–water partition coefficient (Wildman–Crippen LogP) is 1.37. The van der Waals surface area contributed by atoms with E-state index in [-0.39, 0.29) is 38.3 Å². The molecule has 0 unspecified atom stereocenters. The summed E-state index contributed by atoms with van der Waals surface area (Å²) in [6.45, 7) is 2.64. The number of likely N-dealkylation sites (tertiary alicyclic amines) is 1. The van der Waals surface area contributed by atoms with Gasteiger partial charge in [-0.15, -0.1) is 12.4 Å². The van der Waals surface area contributed by atoms with Crippen LogP contribution in [-0.2, 0) is 0 Å². The van der Waals surface area contributed by atoms with Gasteiger partial charge >= 0.3 is 23.1 Å². The van der Waals surface area contributed by atoms with Gasteiger partial charge in [0, 0.05) is 0 Å². The number of nitrogens with zero attached hydrogens (tertiary/aromatic N) is 1. The van der Waals surface area contributed by atoms with Crippen molar-refractivity contribution in [3.05, 3.63) is 0 Å². The summed E-state index contributed by atoms with van der Waals surface area (Å²) < 4.78 is 0. The van der Waals surface area contributed by atoms with Crippen molar-refractivity contribution in [1.29, 1.82) is 0 Å². The molecule has 0 radical (unpaired) electrons. The minimum atomic E-state index is 0. The summed E-state index contributed by atoms with van der Waals surface area (Å²) in [7, 11) is 2.19. The molecule has 0 aromatic carbocycles. The molecule has 54 valence electrons. The van der Waals surface area contributed by atoms with Crippen LogP contribution < -0.4 is 0 Å². The van der Waals surface area contributed by atoms with E-state index in [1.807, 2.05) is 0 Å². The molecular formula is C6H16ClMgN. The van der Waals surface area contributed by atoms with Crippen molar-refractivity contribution in [2.24, 2.45) is 0 Å². The molecule has 0 atom stereocenters. The van der Waals surface area contributed by atoms with Gasteiger partial charge in [0.25, 0.3) is 0 Å². The topological polar surface area (TPSA) is 3.24 Å². The molecule has 0 spiro atoms. The summed E-state index contributed by atoms with van der Waals surface area (Å²) in [5.74, 6) is 0. The first-order valence-corrected chi connectivity index (χ1v) is 3.08. The minimum Gasteiger partial charge on any atom is -1.00 e. The Bertz CT molecular complexity index is 62.5. The van der Waals surface area contributed by atoms with Crippen molar-refractivity contribution in [1.82, 2.24) is 4.90 Å². The molecule has 0 bridgehead atoms. The zero-order chi connectivity index (χ0) is 5.11. The van der Waals surface area contributed by atoms with Gasteiger partial charge in [0.05, 0.1) is 0 Å². The third-order valence-corrected chi connectivity index (χ3v) is 1.58. The fourth-order valence-electron chi connectivity index (χ4n) is 1.05. The molecule has 0 N–H and O–H groups in total. The van der Waals surface area contributed by atoms with Gasteiger partial charge in [0.1, 0.15) is 0 Å². The number of hydrogen-bond donors (Lipinski definition) is 0. The summed E-state index contributed by atoms with van der Waals surface area (Å²) in [5, 5.41) is 0. The maximum absolute atomic E-state index is 2.39. The fraction of sp³-hybridized carbons (Fsp3) is 1.00. The quantitative estimate of drug-likeness (QED) is 0.486. The van der Waals surface area contributed by atoms with E-state index in [1.54, 1.807) is 0 Å². The average Bonchev–Trinajstić information content (AvgIpc) is 1.69. The van der Waals surface area contributed by atoms with Gasteiger partial charge in [0.2, 0.25) is 0 Å². The molecule has 1 saturated heterocycles. The van der Waals surface area contributed by atoms with Gasteiger partial charge in [-0.3, -0.25) is 0 Å². The summed E-state index contributed by atoms with van der Waals surface area (Å²) >= 11 is 0. The first-order valence-electron chi connectivity index (χ1n) is 3.08. The van der Waals surface area contributed by atoms with Gasteiger partial charge in [-0.05, 0) is 33.0 Å². The molecule has 0 aromatic rings. The Morgan fingerprint density at radius 1 is 1.11 bits per heavy atom. The van der Waals surface area contributed by atoms with Gasteiger partial charge in [-0.25, -0.2) is 0 Å². The number of piperidine rings is 1. The number of hydrogen-bond acceptors (Lipinski definition) is 1. The van der Waals surface area contributed by atoms with Gasteiger partial charge in [-0.2, -0.15) is 0 Å². The van der Waals surface area contributed by atoms with Crippen LogP contribution in [0, 0.1) is 0 Å². The molecule has 0 saturated carbocycles. The number of halogens is 1. The van der Waals surface area contributed by atoms with E-state index in [2.05, 4.69) is 11.9 Å². The monoisotopic (exact) mass is 161 g/mol. The van der Waals surface area contributed by atoms with E-state index in [1.165, 1.54) is 32.4 Å². The van der Waals surface area contributed by atoms with E-state index < -0.39 is 0 Å². The SMILES string of the molecule is CN1CCCCC1.Cl.[H-].[H-].[Mg+2]. The van der Waals surface area contributed by atoms with Crippen LogP contribution in [-0.4, -0.2) is 48.1 Å². The molecule has 0 aromatic heterocycles. The van der Waals surface area contributed by atoms with Crippen LogP contribution in [0.3, 0.4) is 0 Å². The van der Waals surface area contributed by atoms with Crippen LogP contribution in [0.5, 0.6) is 0 Å². The minimum absolute atomic E-state index is 0. The van der Waals surface area contributed by atoms with Crippen molar-refractivity contribution in [3.8, 4) is 0 Å². The average molecular weight is 162 g/mol. The maximum Gasteiger partial charge on any atom is 2.00 e. The molecule has 1 aliphatic heterocycles. The van der Waals surface area contributed by atoms with Crippen LogP contribution in [0.25, 0.3) is 0 Å². The van der Waals surface area contributed by atoms with Gasteiger partial charge in [-0.1, -0.05) is 6.42 Å². The van der Waals surface area contributed by atoms with E-state index in [9.17, 15) is 0 Å². The molecule has 1 rings (SSSR count). The fourth-order valence-corrected chi connectivity index (χ4v) is 1.05. The summed E-state index contributed by atoms with van der Waals surface area (Å²) in [4.78, 5) is 2.39. The van der Waals surface area contributed by atoms with Crippen LogP contribution in [0.15, 0.2) is 0 Å². The van der Waals surface area contributed by atoms with Crippen molar-refractivity contribution in [3.63, 3.8) is 0 Å². The first kappa shape index (κ1) is 12.7. The third kappa shape index (κ3) is 5.46. The molecule has 1 aliphatic rings. The van der Waals surface area contributed by atoms with E-state index in [0.717, 1.165) is 0 Å². The molecule has 9 heavy (non-hydrogen) atoms. The Balaban J connectivity index is -0.0000000612. The van der Waals surface area contributed by atoms with Gasteiger partial charge in [0.15, 0.2) is 0 Å². The Hall–Kier alpha value is 1.02. The van der Waals surface area contributed by atoms with E-state index in [0.29, 0.717) is 0 Å². The molecule has 0 amide bonds. The summed E-state index contributed by atoms with van der Waals surface area (Å²) in [6.07, 6.45) is 4.28. The zero-order valence-electron chi connectivity index (χ0n) is 8.10. The van der Waals surface area contributed by atoms with Crippen molar-refractivity contribution in [2.45, 2.75) is 19.3 Å². The Morgan fingerprint density at radius 2 is 1.56 bits per heavy atom. The van der Waals surface area contributed by atoms with Crippen LogP contribution in [0.2, 0.25) is 0 Å². The Labute approximate surface area is 82.7 Å². The third-order valence-electron chi connectivity index (χ3n) is 1.58. The van der Waals surface area contributed by atoms with Crippen LogP contribution >= 0.6 is 12.4 Å². The molecule has 1 nitrogen and oxygen atoms in total. The molecule has 0 aliphatic carbocycles. The standard InChI is InChI=1S/C6H13N.ClH.Mg.2H/c1-7-5-3-2-4-6-7;;;;/h2-6H2,1H3;1H;;;/q;;+2;2*-1. The largest absolute Gasteiger partial charge is 2.00 e. The van der Waals surface area contributed by atoms with E-state index in [4.69, 9.17) is 0 Å². The normalized spacial score (nSPS) is 19.7. The summed E-state index contributed by atoms with van der Waals surface area (Å²) in [6, 6.07) is 0. The maximum atomic E-state index is 2.39. The molecule has 1 heterocycles. The smallest absolute Gasteiger partial charge is 1.00 e. The predicted molar refractivity (Wildman–Crippen MR) is 46.6 cm³/mol. The first-order chi connectivity index (χ1) is 3.39. The second kappa shape index (κ2) is 7.13. The Kier molecular flexibility index (Phi) is 10.0. The van der Waals surface area contributed by atoms with Crippen molar-refractivity contribution in [2.75, 3.05) is 20.1 Å². The molecular weight excluding hydrogens is 146 g/mol. The Morgan fingerprint density at radius 3 is 1.78 bits per heavy atom. The number of rotatable bonds is 0. The van der Waals surface area contributed by atoms with Crippen LogP contribution in [0.4, 0.5) is 0 Å². The second-order valence-electron chi connectivity index (χ2n) is 2.36. The van der Waals surface area contributed by atoms with Crippen molar-refractivity contribution < 1.29 is 2.85 Å².